The molecule has 1 fully saturated rings. The predicted octanol–water partition coefficient (Wildman–Crippen LogP) is 1.86. The van der Waals surface area contributed by atoms with Crippen molar-refractivity contribution in [3.63, 3.8) is 0 Å². The quantitative estimate of drug-likeness (QED) is 0.867. The molecule has 0 saturated carbocycles. The SMILES string of the molecule is [2H]c1c(C)[nH]c2ncnc(N([C@@H]3[C@H](C)C([2H])([2H])C([2H])([2H])N(C(=O)C([2H])([2H])[N+]#[C-])C3([2H])[2H])C([2H])([2H])[2H])c12. The van der Waals surface area contributed by atoms with Crippen LogP contribution in [0.1, 0.15) is 35.4 Å². The second kappa shape index (κ2) is 6.48. The van der Waals surface area contributed by atoms with Crippen LogP contribution in [0.2, 0.25) is 0 Å². The van der Waals surface area contributed by atoms with E-state index in [1.165, 1.54) is 6.92 Å². The molecular formula is C17H22N6O. The molecule has 0 radical (unpaired) electrons. The topological polar surface area (TPSA) is 69.5 Å². The number of amides is 1. The van der Waals surface area contributed by atoms with Gasteiger partial charge in [0.1, 0.15) is 20.5 Å². The largest absolute Gasteiger partial charge is 0.354 e. The fraction of sp³-hybridized carbons (Fsp3) is 0.529. The van der Waals surface area contributed by atoms with Crippen LogP contribution in [0.3, 0.4) is 0 Å². The third-order valence-electron chi connectivity index (χ3n) is 3.45. The summed E-state index contributed by atoms with van der Waals surface area (Å²) in [6.45, 7) is -4.08. The number of nitrogens with zero attached hydrogens (tertiary/aromatic N) is 5. The van der Waals surface area contributed by atoms with E-state index in [0.717, 1.165) is 13.3 Å². The Balaban J connectivity index is 2.40. The van der Waals surface area contributed by atoms with Gasteiger partial charge in [-0.15, -0.1) is 0 Å². The van der Waals surface area contributed by atoms with Crippen LogP contribution in [0.5, 0.6) is 0 Å². The third kappa shape index (κ3) is 2.92. The highest BCUT2D eigenvalue weighted by atomic mass is 16.2. The molecule has 1 aliphatic heterocycles. The molecule has 1 amide bonds. The normalized spacial score (nSPS) is 35.6. The standard InChI is InChI=1S/C17H22N6O/c1-11-5-6-23(15(24)8-18-3)9-14(11)22(4)17-13-7-12(2)21-16(13)19-10-20-17/h7,10-11,14H,5-6,8-9H2,1-2,4H3,(H,19,20,21)/t11-,14+/m1/s1/i4D3,5D2,6D2,7D,8D2,9D2. The average Bonchev–Trinajstić information content (AvgIpc) is 3.03. The Kier molecular flexibility index (Phi) is 1.91. The van der Waals surface area contributed by atoms with Gasteiger partial charge in [-0.3, -0.25) is 4.79 Å². The predicted molar refractivity (Wildman–Crippen MR) is 92.6 cm³/mol. The van der Waals surface area contributed by atoms with Crippen LogP contribution >= 0.6 is 0 Å². The van der Waals surface area contributed by atoms with Gasteiger partial charge in [0.15, 0.2) is 0 Å². The summed E-state index contributed by atoms with van der Waals surface area (Å²) in [6.07, 6.45) is -2.19. The van der Waals surface area contributed by atoms with Gasteiger partial charge < -0.3 is 19.6 Å². The van der Waals surface area contributed by atoms with Crippen molar-refractivity contribution in [1.29, 1.82) is 0 Å². The summed E-state index contributed by atoms with van der Waals surface area (Å²) in [5.41, 5.74) is 0.321. The van der Waals surface area contributed by atoms with Crippen LogP contribution < -0.4 is 4.90 Å². The zero-order valence-corrected chi connectivity index (χ0v) is 12.9. The van der Waals surface area contributed by atoms with Crippen LogP contribution in [0.15, 0.2) is 12.4 Å². The number of H-pyrrole nitrogens is 1. The fourth-order valence-corrected chi connectivity index (χ4v) is 2.31. The lowest BCUT2D eigenvalue weighted by Gasteiger charge is -2.41. The van der Waals surface area contributed by atoms with Crippen molar-refractivity contribution in [3.05, 3.63) is 29.5 Å². The summed E-state index contributed by atoms with van der Waals surface area (Å²) < 4.78 is 99.0. The first-order valence-electron chi connectivity index (χ1n) is 13.0. The van der Waals surface area contributed by atoms with Crippen molar-refractivity contribution in [1.82, 2.24) is 19.9 Å². The summed E-state index contributed by atoms with van der Waals surface area (Å²) in [7, 11) is 0. The molecule has 0 bridgehead atoms. The average molecular weight is 338 g/mol. The number of aryl methyl sites for hydroxylation is 1. The highest BCUT2D eigenvalue weighted by Crippen LogP contribution is 2.29. The first-order chi connectivity index (χ1) is 16.2. The first kappa shape index (κ1) is 7.09. The lowest BCUT2D eigenvalue weighted by molar-refractivity contribution is -0.130. The van der Waals surface area contributed by atoms with Gasteiger partial charge >= 0.3 is 5.91 Å². The fourth-order valence-electron chi connectivity index (χ4n) is 2.31. The summed E-state index contributed by atoms with van der Waals surface area (Å²) >= 11 is 0. The smallest absolute Gasteiger partial charge is 0.302 e. The third-order valence-corrected chi connectivity index (χ3v) is 3.45. The number of hydrogen-bond donors (Lipinski definition) is 1. The summed E-state index contributed by atoms with van der Waals surface area (Å²) in [6, 6.07) is -2.39. The molecule has 2 aromatic rings. The molecular weight excluding hydrogens is 304 g/mol. The molecule has 3 rings (SSSR count). The van der Waals surface area contributed by atoms with Gasteiger partial charge in [-0.1, -0.05) is 6.92 Å². The van der Waals surface area contributed by atoms with Gasteiger partial charge in [0.25, 0.3) is 6.50 Å². The van der Waals surface area contributed by atoms with Crippen molar-refractivity contribution < 1.29 is 21.2 Å². The molecule has 1 aliphatic rings. The lowest BCUT2D eigenvalue weighted by Crippen LogP contribution is -2.53. The second-order valence-electron chi connectivity index (χ2n) is 5.15. The minimum Gasteiger partial charge on any atom is -0.354 e. The summed E-state index contributed by atoms with van der Waals surface area (Å²) in [5, 5.41) is -0.127. The number of likely N-dealkylation sites (tertiary alicyclic amines) is 1. The maximum Gasteiger partial charge on any atom is 0.302 e. The molecule has 7 nitrogen and oxygen atoms in total. The van der Waals surface area contributed by atoms with Gasteiger partial charge in [0.2, 0.25) is 0 Å². The maximum absolute atomic E-state index is 13.0. The van der Waals surface area contributed by atoms with E-state index in [1.54, 1.807) is 0 Å². The molecule has 0 unspecified atom stereocenters. The Bertz CT molecular complexity index is 1250. The van der Waals surface area contributed by atoms with Crippen LogP contribution in [0.25, 0.3) is 15.9 Å². The number of carbonyl (C=O) groups is 1. The van der Waals surface area contributed by atoms with E-state index < -0.39 is 56.5 Å². The number of nitrogens with one attached hydrogen (secondary N) is 1. The van der Waals surface area contributed by atoms with Gasteiger partial charge in [0, 0.05) is 35.3 Å². The molecule has 3 heterocycles. The van der Waals surface area contributed by atoms with Crippen LogP contribution in [0.4, 0.5) is 5.82 Å². The molecule has 126 valence electrons. The van der Waals surface area contributed by atoms with Crippen LogP contribution in [0, 0.1) is 19.4 Å². The molecule has 2 atom stereocenters. The number of piperidine rings is 1. The van der Waals surface area contributed by atoms with Crippen molar-refractivity contribution in [2.75, 3.05) is 31.4 Å². The highest BCUT2D eigenvalue weighted by Gasteiger charge is 2.33. The van der Waals surface area contributed by atoms with Crippen molar-refractivity contribution in [2.45, 2.75) is 26.3 Å². The van der Waals surface area contributed by atoms with Crippen LogP contribution in [-0.4, -0.2) is 58.3 Å². The summed E-state index contributed by atoms with van der Waals surface area (Å²) in [5.74, 6) is -4.27. The first-order valence-corrected chi connectivity index (χ1v) is 6.98. The van der Waals surface area contributed by atoms with E-state index >= 15 is 0 Å². The van der Waals surface area contributed by atoms with E-state index in [0.29, 0.717) is 4.90 Å². The number of aromatic amines is 1. The molecule has 0 aliphatic carbocycles. The van der Waals surface area contributed by atoms with E-state index in [2.05, 4.69) is 19.8 Å². The molecule has 24 heavy (non-hydrogen) atoms. The van der Waals surface area contributed by atoms with Gasteiger partial charge in [-0.2, -0.15) is 0 Å². The lowest BCUT2D eigenvalue weighted by atomic mass is 9.92. The van der Waals surface area contributed by atoms with E-state index in [9.17, 15) is 4.79 Å². The van der Waals surface area contributed by atoms with Gasteiger partial charge in [-0.05, 0) is 25.3 Å². The Hall–Kier alpha value is -2.62. The van der Waals surface area contributed by atoms with Crippen LogP contribution in [-0.2, 0) is 4.79 Å². The number of hydrogen-bond acceptors (Lipinski definition) is 4. The minimum absolute atomic E-state index is 0.0383. The number of aromatic nitrogens is 3. The van der Waals surface area contributed by atoms with Gasteiger partial charge in [-0.25, -0.2) is 16.5 Å². The van der Waals surface area contributed by atoms with Gasteiger partial charge in [0.05, 0.1) is 15.5 Å². The molecule has 1 saturated heterocycles. The Labute approximate surface area is 158 Å². The molecule has 7 heteroatoms. The molecule has 1 N–H and O–H groups in total. The molecule has 0 aromatic carbocycles. The Morgan fingerprint density at radius 3 is 3.33 bits per heavy atom. The maximum atomic E-state index is 13.0. The van der Waals surface area contributed by atoms with E-state index in [-0.39, 0.29) is 27.7 Å². The number of rotatable bonds is 3. The molecule has 0 spiro atoms. The van der Waals surface area contributed by atoms with E-state index in [4.69, 9.17) is 23.0 Å². The number of anilines is 1. The zero-order chi connectivity index (χ0) is 27.8. The minimum atomic E-state index is -3.49. The highest BCUT2D eigenvalue weighted by molar-refractivity contribution is 5.88. The van der Waals surface area contributed by atoms with E-state index in [1.807, 2.05) is 0 Å². The number of likely N-dealkylation sites (N-methyl/N-ethyl adjacent to an activating group) is 1. The van der Waals surface area contributed by atoms with Crippen molar-refractivity contribution in [2.24, 2.45) is 5.92 Å². The van der Waals surface area contributed by atoms with Crippen molar-refractivity contribution >= 4 is 22.8 Å². The zero-order valence-electron chi connectivity index (χ0n) is 24.9. The monoisotopic (exact) mass is 338 g/mol. The molecule has 2 aromatic heterocycles. The Morgan fingerprint density at radius 1 is 1.75 bits per heavy atom. The second-order valence-corrected chi connectivity index (χ2v) is 5.15. The Morgan fingerprint density at radius 2 is 2.58 bits per heavy atom. The number of fused-ring (bicyclic) bond motifs is 1. The number of carbonyl (C=O) groups excluding carboxylic acids is 1. The van der Waals surface area contributed by atoms with Crippen molar-refractivity contribution in [3.8, 4) is 0 Å². The summed E-state index contributed by atoms with van der Waals surface area (Å²) in [4.78, 5) is 26.2.